The Morgan fingerprint density at radius 2 is 1.92 bits per heavy atom. The van der Waals surface area contributed by atoms with Crippen LogP contribution in [0.4, 0.5) is 0 Å². The zero-order chi connectivity index (χ0) is 16.8. The summed E-state index contributed by atoms with van der Waals surface area (Å²) in [6.45, 7) is 3.89. The number of rotatable bonds is 6. The molecule has 0 bridgehead atoms. The summed E-state index contributed by atoms with van der Waals surface area (Å²) < 4.78 is 5.95. The van der Waals surface area contributed by atoms with Crippen LogP contribution >= 0.6 is 0 Å². The Balaban J connectivity index is 1.57. The van der Waals surface area contributed by atoms with Gasteiger partial charge < -0.3 is 10.1 Å². The monoisotopic (exact) mass is 329 g/mol. The van der Waals surface area contributed by atoms with E-state index in [1.165, 1.54) is 38.5 Å². The molecule has 1 saturated carbocycles. The molecule has 1 N–H and O–H groups in total. The van der Waals surface area contributed by atoms with Crippen molar-refractivity contribution in [1.29, 1.82) is 0 Å². The number of Topliss-reactive ketones (excluding diaryl/α,β-unsaturated/α-hetero) is 1. The average Bonchev–Trinajstić information content (AvgIpc) is 2.64. The Hall–Kier alpha value is -1.35. The molecular formula is C21H31NO2. The average molecular weight is 329 g/mol. The minimum Gasteiger partial charge on any atom is -0.494 e. The third-order valence-electron chi connectivity index (χ3n) is 5.60. The summed E-state index contributed by atoms with van der Waals surface area (Å²) in [5, 5.41) is 3.55. The van der Waals surface area contributed by atoms with E-state index < -0.39 is 0 Å². The Kier molecular flexibility index (Phi) is 6.30. The number of ether oxygens (including phenoxy) is 1. The number of nitrogens with one attached hydrogen (secondary N) is 1. The lowest BCUT2D eigenvalue weighted by Gasteiger charge is -2.23. The van der Waals surface area contributed by atoms with Gasteiger partial charge in [0.05, 0.1) is 6.61 Å². The number of carbonyl (C=O) groups is 1. The van der Waals surface area contributed by atoms with Gasteiger partial charge in [0.25, 0.3) is 0 Å². The van der Waals surface area contributed by atoms with Gasteiger partial charge in [-0.25, -0.2) is 0 Å². The van der Waals surface area contributed by atoms with E-state index in [0.29, 0.717) is 11.8 Å². The first-order valence-electron chi connectivity index (χ1n) is 9.75. The first-order valence-corrected chi connectivity index (χ1v) is 9.75. The number of aryl methyl sites for hydroxylation is 1. The largest absolute Gasteiger partial charge is 0.494 e. The second-order valence-electron chi connectivity index (χ2n) is 7.46. The van der Waals surface area contributed by atoms with Crippen LogP contribution in [0.2, 0.25) is 0 Å². The molecule has 0 radical (unpaired) electrons. The minimum absolute atomic E-state index is 0.221. The summed E-state index contributed by atoms with van der Waals surface area (Å²) in [5.41, 5.74) is 1.95. The van der Waals surface area contributed by atoms with Crippen LogP contribution in [0.5, 0.6) is 5.75 Å². The van der Waals surface area contributed by atoms with Gasteiger partial charge in [0, 0.05) is 17.5 Å². The summed E-state index contributed by atoms with van der Waals surface area (Å²) >= 11 is 0. The van der Waals surface area contributed by atoms with Gasteiger partial charge in [-0.05, 0) is 63.3 Å². The predicted octanol–water partition coefficient (Wildman–Crippen LogP) is 4.67. The SMILES string of the molecule is Cc1ccc(OCCC2CCCCN2)cc1C(=O)C1CCCCC1. The maximum Gasteiger partial charge on any atom is 0.166 e. The molecule has 3 heteroatoms. The molecule has 1 unspecified atom stereocenters. The van der Waals surface area contributed by atoms with Crippen LogP contribution in [0, 0.1) is 12.8 Å². The molecule has 0 amide bonds. The Bertz CT molecular complexity index is 543. The number of benzene rings is 1. The van der Waals surface area contributed by atoms with Crippen molar-refractivity contribution in [3.63, 3.8) is 0 Å². The lowest BCUT2D eigenvalue weighted by molar-refractivity contribution is 0.0888. The van der Waals surface area contributed by atoms with Crippen LogP contribution in [0.1, 0.15) is 73.7 Å². The fourth-order valence-electron chi connectivity index (χ4n) is 4.03. The molecule has 1 saturated heterocycles. The van der Waals surface area contributed by atoms with Gasteiger partial charge in [-0.15, -0.1) is 0 Å². The summed E-state index contributed by atoms with van der Waals surface area (Å²) in [6, 6.07) is 6.60. The lowest BCUT2D eigenvalue weighted by Crippen LogP contribution is -2.35. The van der Waals surface area contributed by atoms with Gasteiger partial charge in [-0.1, -0.05) is 31.7 Å². The Morgan fingerprint density at radius 1 is 1.12 bits per heavy atom. The summed E-state index contributed by atoms with van der Waals surface area (Å²) in [4.78, 5) is 12.8. The number of piperidine rings is 1. The maximum atomic E-state index is 12.8. The molecule has 1 atom stereocenters. The molecule has 1 aromatic rings. The van der Waals surface area contributed by atoms with Gasteiger partial charge in [-0.3, -0.25) is 4.79 Å². The summed E-state index contributed by atoms with van der Waals surface area (Å²) in [7, 11) is 0. The molecule has 2 aliphatic rings. The molecule has 1 aliphatic heterocycles. The highest BCUT2D eigenvalue weighted by Gasteiger charge is 2.23. The van der Waals surface area contributed by atoms with Crippen molar-refractivity contribution in [2.24, 2.45) is 5.92 Å². The molecule has 2 fully saturated rings. The molecule has 132 valence electrons. The summed E-state index contributed by atoms with van der Waals surface area (Å²) in [5.74, 6) is 1.39. The van der Waals surface area contributed by atoms with Gasteiger partial charge in [0.1, 0.15) is 5.75 Å². The highest BCUT2D eigenvalue weighted by molar-refractivity contribution is 5.99. The van der Waals surface area contributed by atoms with E-state index in [2.05, 4.69) is 5.32 Å². The van der Waals surface area contributed by atoms with E-state index in [1.54, 1.807) is 0 Å². The van der Waals surface area contributed by atoms with Crippen molar-refractivity contribution in [3.05, 3.63) is 29.3 Å². The third-order valence-corrected chi connectivity index (χ3v) is 5.60. The zero-order valence-electron chi connectivity index (χ0n) is 15.0. The van der Waals surface area contributed by atoms with E-state index in [0.717, 1.165) is 49.3 Å². The second-order valence-corrected chi connectivity index (χ2v) is 7.46. The fraction of sp³-hybridized carbons (Fsp3) is 0.667. The van der Waals surface area contributed by atoms with Crippen molar-refractivity contribution in [1.82, 2.24) is 5.32 Å². The first-order chi connectivity index (χ1) is 11.7. The predicted molar refractivity (Wildman–Crippen MR) is 97.8 cm³/mol. The molecule has 3 nitrogen and oxygen atoms in total. The third kappa shape index (κ3) is 4.60. The number of ketones is 1. The summed E-state index contributed by atoms with van der Waals surface area (Å²) in [6.07, 6.45) is 10.7. The van der Waals surface area contributed by atoms with E-state index in [9.17, 15) is 4.79 Å². The van der Waals surface area contributed by atoms with Crippen LogP contribution in [0.3, 0.4) is 0 Å². The van der Waals surface area contributed by atoms with Crippen LogP contribution in [0.15, 0.2) is 18.2 Å². The van der Waals surface area contributed by atoms with E-state index in [4.69, 9.17) is 4.74 Å². The standard InChI is InChI=1S/C21H31NO2/c1-16-10-11-19(24-14-12-18-9-5-6-13-22-18)15-20(16)21(23)17-7-3-2-4-8-17/h10-11,15,17-18,22H,2-9,12-14H2,1H3. The van der Waals surface area contributed by atoms with Crippen LogP contribution in [0.25, 0.3) is 0 Å². The maximum absolute atomic E-state index is 12.8. The molecule has 1 aromatic carbocycles. The smallest absolute Gasteiger partial charge is 0.166 e. The molecule has 1 aliphatic carbocycles. The van der Waals surface area contributed by atoms with Crippen molar-refractivity contribution >= 4 is 5.78 Å². The van der Waals surface area contributed by atoms with E-state index in [1.807, 2.05) is 25.1 Å². The van der Waals surface area contributed by atoms with Crippen LogP contribution in [-0.2, 0) is 0 Å². The highest BCUT2D eigenvalue weighted by atomic mass is 16.5. The minimum atomic E-state index is 0.221. The molecule has 24 heavy (non-hydrogen) atoms. The Labute approximate surface area is 146 Å². The quantitative estimate of drug-likeness (QED) is 0.771. The zero-order valence-corrected chi connectivity index (χ0v) is 15.0. The Morgan fingerprint density at radius 3 is 2.67 bits per heavy atom. The van der Waals surface area contributed by atoms with E-state index in [-0.39, 0.29) is 5.92 Å². The van der Waals surface area contributed by atoms with E-state index >= 15 is 0 Å². The van der Waals surface area contributed by atoms with Gasteiger partial charge in [0.15, 0.2) is 5.78 Å². The van der Waals surface area contributed by atoms with Gasteiger partial charge >= 0.3 is 0 Å². The van der Waals surface area contributed by atoms with Crippen molar-refractivity contribution < 1.29 is 9.53 Å². The topological polar surface area (TPSA) is 38.3 Å². The van der Waals surface area contributed by atoms with Crippen LogP contribution in [-0.4, -0.2) is 25.0 Å². The number of hydrogen-bond donors (Lipinski definition) is 1. The highest BCUT2D eigenvalue weighted by Crippen LogP contribution is 2.29. The number of carbonyl (C=O) groups excluding carboxylic acids is 1. The molecular weight excluding hydrogens is 298 g/mol. The molecule has 0 spiro atoms. The van der Waals surface area contributed by atoms with Crippen molar-refractivity contribution in [3.8, 4) is 5.75 Å². The van der Waals surface area contributed by atoms with Crippen LogP contribution < -0.4 is 10.1 Å². The molecule has 0 aromatic heterocycles. The normalized spacial score (nSPS) is 22.3. The molecule has 1 heterocycles. The van der Waals surface area contributed by atoms with Gasteiger partial charge in [-0.2, -0.15) is 0 Å². The fourth-order valence-corrected chi connectivity index (χ4v) is 4.03. The van der Waals surface area contributed by atoms with Crippen molar-refractivity contribution in [2.45, 2.75) is 70.8 Å². The second kappa shape index (κ2) is 8.66. The first kappa shape index (κ1) is 17.5. The lowest BCUT2D eigenvalue weighted by atomic mass is 9.83. The van der Waals surface area contributed by atoms with Gasteiger partial charge in [0.2, 0.25) is 0 Å². The number of hydrogen-bond acceptors (Lipinski definition) is 3. The van der Waals surface area contributed by atoms with Crippen molar-refractivity contribution in [2.75, 3.05) is 13.2 Å². The molecule has 3 rings (SSSR count).